The summed E-state index contributed by atoms with van der Waals surface area (Å²) in [5.74, 6) is -0.239. The minimum absolute atomic E-state index is 0.00749. The number of rotatable bonds is 9. The van der Waals surface area contributed by atoms with Crippen LogP contribution in [-0.4, -0.2) is 13.2 Å². The molecular formula is C24H21F3O2. The van der Waals surface area contributed by atoms with Crippen molar-refractivity contribution >= 4 is 10.8 Å². The van der Waals surface area contributed by atoms with Crippen LogP contribution in [0.1, 0.15) is 12.0 Å². The van der Waals surface area contributed by atoms with E-state index in [4.69, 9.17) is 4.74 Å². The van der Waals surface area contributed by atoms with E-state index < -0.39 is 12.4 Å². The number of benzene rings is 3. The maximum atomic E-state index is 15.4. The zero-order valence-electron chi connectivity index (χ0n) is 15.8. The first kappa shape index (κ1) is 20.5. The van der Waals surface area contributed by atoms with Crippen LogP contribution in [0.4, 0.5) is 13.2 Å². The van der Waals surface area contributed by atoms with Crippen molar-refractivity contribution in [2.24, 2.45) is 0 Å². The van der Waals surface area contributed by atoms with E-state index in [2.05, 4.69) is 17.9 Å². The Morgan fingerprint density at radius 2 is 1.72 bits per heavy atom. The van der Waals surface area contributed by atoms with Crippen LogP contribution in [-0.2, 0) is 6.42 Å². The summed E-state index contributed by atoms with van der Waals surface area (Å²) in [4.78, 5) is 0. The van der Waals surface area contributed by atoms with E-state index in [9.17, 15) is 8.78 Å². The molecule has 0 saturated carbocycles. The summed E-state index contributed by atoms with van der Waals surface area (Å²) >= 11 is 0. The first-order valence-electron chi connectivity index (χ1n) is 9.18. The lowest BCUT2D eigenvalue weighted by atomic mass is 9.97. The second kappa shape index (κ2) is 9.32. The summed E-state index contributed by atoms with van der Waals surface area (Å²) in [5.41, 5.74) is 1.38. The molecule has 5 heteroatoms. The number of allylic oxidation sites excluding steroid dienone is 1. The number of halogens is 3. The van der Waals surface area contributed by atoms with Crippen molar-refractivity contribution in [2.75, 3.05) is 6.61 Å². The molecule has 0 unspecified atom stereocenters. The first-order valence-corrected chi connectivity index (χ1v) is 9.18. The minimum Gasteiger partial charge on any atom is -0.490 e. The van der Waals surface area contributed by atoms with Crippen molar-refractivity contribution in [1.29, 1.82) is 0 Å². The van der Waals surface area contributed by atoms with Crippen LogP contribution in [0.2, 0.25) is 0 Å². The molecule has 0 amide bonds. The molecule has 0 aliphatic rings. The number of alkyl halides is 2. The van der Waals surface area contributed by atoms with Gasteiger partial charge in [-0.15, -0.1) is 6.58 Å². The number of ether oxygens (including phenoxy) is 2. The summed E-state index contributed by atoms with van der Waals surface area (Å²) < 4.78 is 51.5. The van der Waals surface area contributed by atoms with Gasteiger partial charge in [-0.3, -0.25) is 0 Å². The average molecular weight is 398 g/mol. The third-order valence-corrected chi connectivity index (χ3v) is 4.47. The molecule has 2 nitrogen and oxygen atoms in total. The molecule has 29 heavy (non-hydrogen) atoms. The van der Waals surface area contributed by atoms with Gasteiger partial charge in [-0.1, -0.05) is 49.1 Å². The summed E-state index contributed by atoms with van der Waals surface area (Å²) in [6, 6.07) is 13.3. The van der Waals surface area contributed by atoms with E-state index in [1.54, 1.807) is 48.6 Å². The molecule has 0 aliphatic carbocycles. The molecule has 0 heterocycles. The van der Waals surface area contributed by atoms with Crippen molar-refractivity contribution in [2.45, 2.75) is 19.5 Å². The summed E-state index contributed by atoms with van der Waals surface area (Å²) in [7, 11) is 0. The van der Waals surface area contributed by atoms with Crippen molar-refractivity contribution in [3.05, 3.63) is 85.2 Å². The Bertz CT molecular complexity index is 1010. The zero-order chi connectivity index (χ0) is 20.8. The second-order valence-corrected chi connectivity index (χ2v) is 6.45. The van der Waals surface area contributed by atoms with Crippen LogP contribution in [0.15, 0.2) is 73.8 Å². The maximum Gasteiger partial charge on any atom is 0.387 e. The van der Waals surface area contributed by atoms with Gasteiger partial charge in [-0.25, -0.2) is 4.39 Å². The molecule has 0 fully saturated rings. The molecule has 0 aromatic heterocycles. The number of aryl methyl sites for hydroxylation is 1. The first-order chi connectivity index (χ1) is 14.0. The third-order valence-electron chi connectivity index (χ3n) is 4.47. The van der Waals surface area contributed by atoms with Gasteiger partial charge >= 0.3 is 6.61 Å². The Hall–Kier alpha value is -3.21. The van der Waals surface area contributed by atoms with E-state index in [-0.39, 0.29) is 11.3 Å². The van der Waals surface area contributed by atoms with Gasteiger partial charge in [0.05, 0.1) is 5.56 Å². The Morgan fingerprint density at radius 1 is 0.966 bits per heavy atom. The highest BCUT2D eigenvalue weighted by atomic mass is 19.3. The summed E-state index contributed by atoms with van der Waals surface area (Å²) in [6.07, 6.45) is 4.91. The molecule has 0 saturated heterocycles. The fourth-order valence-corrected chi connectivity index (χ4v) is 3.14. The minimum atomic E-state index is -3.07. The van der Waals surface area contributed by atoms with Crippen LogP contribution < -0.4 is 9.47 Å². The average Bonchev–Trinajstić information content (AvgIpc) is 2.71. The molecule has 3 aromatic rings. The highest BCUT2D eigenvalue weighted by molar-refractivity contribution is 5.92. The van der Waals surface area contributed by atoms with E-state index in [1.807, 2.05) is 6.07 Å². The molecule has 0 aliphatic heterocycles. The smallest absolute Gasteiger partial charge is 0.387 e. The predicted octanol–water partition coefficient (Wildman–Crippen LogP) is 6.93. The topological polar surface area (TPSA) is 18.5 Å². The van der Waals surface area contributed by atoms with Crippen LogP contribution in [0, 0.1) is 5.82 Å². The van der Waals surface area contributed by atoms with E-state index in [0.29, 0.717) is 28.7 Å². The van der Waals surface area contributed by atoms with Crippen molar-refractivity contribution in [3.63, 3.8) is 0 Å². The van der Waals surface area contributed by atoms with Gasteiger partial charge in [0.1, 0.15) is 23.9 Å². The standard InChI is InChI=1S/C24H21F3O2/c1-3-5-6-16-7-12-20-18(14-16)15-21(29-24(26)27)22(23(20)25)17-8-10-19(11-9-17)28-13-4-2/h3-4,7-12,14-15,24H,1-2,5-6,13H2. The molecule has 0 spiro atoms. The van der Waals surface area contributed by atoms with Gasteiger partial charge in [0.2, 0.25) is 0 Å². The van der Waals surface area contributed by atoms with Crippen LogP contribution >= 0.6 is 0 Å². The van der Waals surface area contributed by atoms with Crippen LogP contribution in [0.3, 0.4) is 0 Å². The molecule has 0 radical (unpaired) electrons. The van der Waals surface area contributed by atoms with Gasteiger partial charge in [0.25, 0.3) is 0 Å². The third kappa shape index (κ3) is 4.80. The highest BCUT2D eigenvalue weighted by Crippen LogP contribution is 2.39. The lowest BCUT2D eigenvalue weighted by Crippen LogP contribution is -2.05. The van der Waals surface area contributed by atoms with Gasteiger partial charge in [0.15, 0.2) is 0 Å². The van der Waals surface area contributed by atoms with Gasteiger partial charge < -0.3 is 9.47 Å². The molecule has 150 valence electrons. The monoisotopic (exact) mass is 398 g/mol. The molecule has 3 aromatic carbocycles. The molecule has 0 atom stereocenters. The Morgan fingerprint density at radius 3 is 2.38 bits per heavy atom. The van der Waals surface area contributed by atoms with Crippen LogP contribution in [0.5, 0.6) is 11.5 Å². The zero-order valence-corrected chi connectivity index (χ0v) is 15.8. The predicted molar refractivity (Wildman–Crippen MR) is 110 cm³/mol. The second-order valence-electron chi connectivity index (χ2n) is 6.45. The lowest BCUT2D eigenvalue weighted by Gasteiger charge is -2.15. The Balaban J connectivity index is 2.09. The van der Waals surface area contributed by atoms with Crippen molar-refractivity contribution < 1.29 is 22.6 Å². The quantitative estimate of drug-likeness (QED) is 0.364. The maximum absolute atomic E-state index is 15.4. The van der Waals surface area contributed by atoms with Gasteiger partial charge in [-0.05, 0) is 47.6 Å². The van der Waals surface area contributed by atoms with E-state index >= 15 is 4.39 Å². The highest BCUT2D eigenvalue weighted by Gasteiger charge is 2.19. The number of hydrogen-bond donors (Lipinski definition) is 0. The van der Waals surface area contributed by atoms with Crippen molar-refractivity contribution in [3.8, 4) is 22.6 Å². The lowest BCUT2D eigenvalue weighted by molar-refractivity contribution is -0.0494. The largest absolute Gasteiger partial charge is 0.490 e. The Labute approximate surface area is 167 Å². The summed E-state index contributed by atoms with van der Waals surface area (Å²) in [5, 5.41) is 0.852. The number of hydrogen-bond acceptors (Lipinski definition) is 2. The summed E-state index contributed by atoms with van der Waals surface area (Å²) in [6.45, 7) is 4.53. The molecule has 0 N–H and O–H groups in total. The van der Waals surface area contributed by atoms with E-state index in [1.165, 1.54) is 6.07 Å². The normalized spacial score (nSPS) is 10.9. The number of fused-ring (bicyclic) bond motifs is 1. The fourth-order valence-electron chi connectivity index (χ4n) is 3.14. The van der Waals surface area contributed by atoms with E-state index in [0.717, 1.165) is 18.4 Å². The fraction of sp³-hybridized carbons (Fsp3) is 0.167. The molecule has 3 rings (SSSR count). The molecule has 0 bridgehead atoms. The van der Waals surface area contributed by atoms with Crippen molar-refractivity contribution in [1.82, 2.24) is 0 Å². The van der Waals surface area contributed by atoms with Crippen LogP contribution in [0.25, 0.3) is 21.9 Å². The molecular weight excluding hydrogens is 377 g/mol. The van der Waals surface area contributed by atoms with Gasteiger partial charge in [0, 0.05) is 5.39 Å². The van der Waals surface area contributed by atoms with Gasteiger partial charge in [-0.2, -0.15) is 8.78 Å². The Kier molecular flexibility index (Phi) is 6.60. The SMILES string of the molecule is C=CCCc1ccc2c(F)c(-c3ccc(OCC=C)cc3)c(OC(F)F)cc2c1.